The number of methoxy groups -OCH3 is 1. The normalized spacial score (nSPS) is 10.5. The highest BCUT2D eigenvalue weighted by atomic mass is 32.1. The van der Waals surface area contributed by atoms with Crippen molar-refractivity contribution in [2.75, 3.05) is 82.0 Å². The van der Waals surface area contributed by atoms with Crippen LogP contribution in [0.5, 0.6) is 0 Å². The zero-order valence-electron chi connectivity index (χ0n) is 25.9. The number of fused-ring (bicyclic) bond motifs is 2. The standard InChI is InChI=1S/C15H20N4O3S.C14H20N4O2S/c1-4-21-12(20)8-9-16-15(23)17-14-13-10(19(2)3)6-5-7-11(13)22-18-14;1-18(2)10-6-4-7-11-12(10)13(17-20-11)16-14(21)15-8-5-9-19-3/h5-7H,4,8-9H2,1-3H3,(H2,16,17,18,23);4,6-7H,5,8-9H2,1-3H3,(H2,15,16,17,21). The van der Waals surface area contributed by atoms with E-state index in [2.05, 4.69) is 31.6 Å². The molecule has 2 aromatic heterocycles. The largest absolute Gasteiger partial charge is 0.466 e. The molecule has 0 saturated carbocycles. The van der Waals surface area contributed by atoms with Crippen molar-refractivity contribution in [3.05, 3.63) is 36.4 Å². The predicted molar refractivity (Wildman–Crippen MR) is 183 cm³/mol. The molecule has 0 aliphatic heterocycles. The van der Waals surface area contributed by atoms with Crippen LogP contribution in [0.3, 0.4) is 0 Å². The number of nitrogens with one attached hydrogen (secondary N) is 4. The van der Waals surface area contributed by atoms with Crippen LogP contribution in [0.25, 0.3) is 21.9 Å². The fraction of sp³-hybridized carbons (Fsp3) is 0.414. The van der Waals surface area contributed by atoms with Gasteiger partial charge in [-0.3, -0.25) is 4.79 Å². The summed E-state index contributed by atoms with van der Waals surface area (Å²) in [4.78, 5) is 15.3. The van der Waals surface area contributed by atoms with Gasteiger partial charge in [0, 0.05) is 55.0 Å². The molecule has 15 heteroatoms. The molecule has 0 bridgehead atoms. The maximum atomic E-state index is 11.3. The summed E-state index contributed by atoms with van der Waals surface area (Å²) in [5.74, 6) is 0.904. The Labute approximate surface area is 267 Å². The van der Waals surface area contributed by atoms with Crippen LogP contribution in [0.15, 0.2) is 45.4 Å². The van der Waals surface area contributed by atoms with Gasteiger partial charge in [0.25, 0.3) is 0 Å². The Balaban J connectivity index is 0.000000241. The van der Waals surface area contributed by atoms with Crippen molar-refractivity contribution in [3.8, 4) is 0 Å². The molecule has 0 fully saturated rings. The number of rotatable bonds is 12. The number of ether oxygens (including phenoxy) is 2. The van der Waals surface area contributed by atoms with Crippen LogP contribution in [0, 0.1) is 0 Å². The van der Waals surface area contributed by atoms with Gasteiger partial charge in [-0.05, 0) is 62.0 Å². The SMILES string of the molecule is CCOC(=O)CCNC(=S)Nc1noc2cccc(N(C)C)c12.COCCCNC(=S)Nc1noc2cccc(N(C)C)c12. The summed E-state index contributed by atoms with van der Waals surface area (Å²) in [6.45, 7) is 3.99. The number of hydrogen-bond acceptors (Lipinski definition) is 11. The molecule has 2 aromatic carbocycles. The number of anilines is 4. The van der Waals surface area contributed by atoms with Crippen LogP contribution in [-0.4, -0.2) is 88.1 Å². The smallest absolute Gasteiger partial charge is 0.307 e. The molecule has 238 valence electrons. The lowest BCUT2D eigenvalue weighted by Crippen LogP contribution is -2.30. The first-order valence-electron chi connectivity index (χ1n) is 14.0. The fourth-order valence-corrected chi connectivity index (χ4v) is 4.49. The lowest BCUT2D eigenvalue weighted by atomic mass is 10.2. The molecule has 0 amide bonds. The summed E-state index contributed by atoms with van der Waals surface area (Å²) in [7, 11) is 9.53. The number of aromatic nitrogens is 2. The van der Waals surface area contributed by atoms with Crippen LogP contribution >= 0.6 is 24.4 Å². The predicted octanol–water partition coefficient (Wildman–Crippen LogP) is 4.35. The van der Waals surface area contributed by atoms with Crippen molar-refractivity contribution in [2.24, 2.45) is 0 Å². The minimum absolute atomic E-state index is 0.248. The summed E-state index contributed by atoms with van der Waals surface area (Å²) >= 11 is 10.5. The van der Waals surface area contributed by atoms with Gasteiger partial charge in [0.15, 0.2) is 33.0 Å². The van der Waals surface area contributed by atoms with E-state index in [1.807, 2.05) is 74.4 Å². The molecule has 13 nitrogen and oxygen atoms in total. The molecule has 0 saturated heterocycles. The first-order chi connectivity index (χ1) is 21.2. The van der Waals surface area contributed by atoms with Crippen molar-refractivity contribution >= 4 is 85.6 Å². The van der Waals surface area contributed by atoms with E-state index < -0.39 is 0 Å². The van der Waals surface area contributed by atoms with Gasteiger partial charge < -0.3 is 49.6 Å². The maximum Gasteiger partial charge on any atom is 0.307 e. The molecule has 4 aromatic rings. The number of hydrogen-bond donors (Lipinski definition) is 4. The van der Waals surface area contributed by atoms with Crippen molar-refractivity contribution < 1.29 is 23.3 Å². The molecule has 4 N–H and O–H groups in total. The van der Waals surface area contributed by atoms with Crippen molar-refractivity contribution in [3.63, 3.8) is 0 Å². The van der Waals surface area contributed by atoms with Crippen LogP contribution in [0.4, 0.5) is 23.0 Å². The first kappa shape index (κ1) is 34.3. The highest BCUT2D eigenvalue weighted by Crippen LogP contribution is 2.32. The molecule has 0 aliphatic carbocycles. The van der Waals surface area contributed by atoms with E-state index >= 15 is 0 Å². The Bertz CT molecular complexity index is 1540. The topological polar surface area (TPSA) is 142 Å². The number of esters is 1. The van der Waals surface area contributed by atoms with Gasteiger partial charge in [-0.2, -0.15) is 0 Å². The molecular formula is C29H40N8O5S2. The molecule has 2 heterocycles. The molecule has 0 spiro atoms. The zero-order chi connectivity index (χ0) is 32.1. The van der Waals surface area contributed by atoms with Gasteiger partial charge >= 0.3 is 5.97 Å². The van der Waals surface area contributed by atoms with E-state index in [-0.39, 0.29) is 12.4 Å². The summed E-state index contributed by atoms with van der Waals surface area (Å²) in [5.41, 5.74) is 3.40. The van der Waals surface area contributed by atoms with Gasteiger partial charge in [0.1, 0.15) is 0 Å². The number of carbonyl (C=O) groups excluding carboxylic acids is 1. The van der Waals surface area contributed by atoms with Crippen LogP contribution in [0.2, 0.25) is 0 Å². The lowest BCUT2D eigenvalue weighted by Gasteiger charge is -2.14. The quantitative estimate of drug-likeness (QED) is 0.0985. The highest BCUT2D eigenvalue weighted by molar-refractivity contribution is 7.80. The third-order valence-electron chi connectivity index (χ3n) is 6.11. The number of thiocarbonyl (C=S) groups is 2. The summed E-state index contributed by atoms with van der Waals surface area (Å²) in [6, 6.07) is 11.6. The first-order valence-corrected chi connectivity index (χ1v) is 14.8. The second kappa shape index (κ2) is 17.2. The van der Waals surface area contributed by atoms with Crippen LogP contribution in [-0.2, 0) is 14.3 Å². The minimum atomic E-state index is -0.260. The molecule has 0 aliphatic rings. The van der Waals surface area contributed by atoms with E-state index in [1.165, 1.54) is 0 Å². The summed E-state index contributed by atoms with van der Waals surface area (Å²) in [6.07, 6.45) is 1.14. The number of nitrogens with zero attached hydrogens (tertiary/aromatic N) is 4. The van der Waals surface area contributed by atoms with Gasteiger partial charge in [-0.1, -0.05) is 22.4 Å². The van der Waals surface area contributed by atoms with Crippen molar-refractivity contribution in [2.45, 2.75) is 19.8 Å². The van der Waals surface area contributed by atoms with E-state index in [4.69, 9.17) is 43.0 Å². The Morgan fingerprint density at radius 1 is 0.841 bits per heavy atom. The van der Waals surface area contributed by atoms with Crippen molar-refractivity contribution in [1.82, 2.24) is 20.9 Å². The average Bonchev–Trinajstić information content (AvgIpc) is 3.59. The minimum Gasteiger partial charge on any atom is -0.466 e. The maximum absolute atomic E-state index is 11.3. The fourth-order valence-electron chi connectivity index (χ4n) is 4.10. The molecule has 0 unspecified atom stereocenters. The molecule has 0 radical (unpaired) electrons. The van der Waals surface area contributed by atoms with Crippen LogP contribution in [0.1, 0.15) is 19.8 Å². The lowest BCUT2D eigenvalue weighted by molar-refractivity contribution is -0.142. The molecular weight excluding hydrogens is 605 g/mol. The summed E-state index contributed by atoms with van der Waals surface area (Å²) < 4.78 is 20.5. The number of benzene rings is 2. The van der Waals surface area contributed by atoms with E-state index in [9.17, 15) is 4.79 Å². The van der Waals surface area contributed by atoms with Gasteiger partial charge in [0.2, 0.25) is 0 Å². The average molecular weight is 645 g/mol. The third-order valence-corrected chi connectivity index (χ3v) is 6.60. The van der Waals surface area contributed by atoms with E-state index in [1.54, 1.807) is 14.0 Å². The monoisotopic (exact) mass is 644 g/mol. The van der Waals surface area contributed by atoms with Crippen molar-refractivity contribution in [1.29, 1.82) is 0 Å². The molecule has 0 atom stereocenters. The highest BCUT2D eigenvalue weighted by Gasteiger charge is 2.16. The van der Waals surface area contributed by atoms with Crippen LogP contribution < -0.4 is 31.1 Å². The second-order valence-corrected chi connectivity index (χ2v) is 10.6. The van der Waals surface area contributed by atoms with E-state index in [0.717, 1.165) is 40.7 Å². The Hall–Kier alpha value is -4.21. The Kier molecular flexibility index (Phi) is 13.4. The summed E-state index contributed by atoms with van der Waals surface area (Å²) in [5, 5.41) is 22.9. The molecule has 44 heavy (non-hydrogen) atoms. The number of carbonyl (C=O) groups is 1. The van der Waals surface area contributed by atoms with E-state index in [0.29, 0.717) is 47.2 Å². The van der Waals surface area contributed by atoms with Gasteiger partial charge in [0.05, 0.1) is 35.2 Å². The zero-order valence-corrected chi connectivity index (χ0v) is 27.5. The van der Waals surface area contributed by atoms with Gasteiger partial charge in [-0.15, -0.1) is 0 Å². The van der Waals surface area contributed by atoms with Gasteiger partial charge in [-0.25, -0.2) is 0 Å². The Morgan fingerprint density at radius 3 is 1.80 bits per heavy atom. The second-order valence-electron chi connectivity index (χ2n) is 9.81. The molecule has 4 rings (SSSR count). The Morgan fingerprint density at radius 2 is 1.34 bits per heavy atom. The third kappa shape index (κ3) is 9.65.